The molecule has 21 heavy (non-hydrogen) atoms. The highest BCUT2D eigenvalue weighted by Crippen LogP contribution is 2.34. The van der Waals surface area contributed by atoms with Gasteiger partial charge in [-0.3, -0.25) is 4.79 Å². The van der Waals surface area contributed by atoms with Crippen molar-refractivity contribution in [3.8, 4) is 0 Å². The molecule has 1 aromatic carbocycles. The van der Waals surface area contributed by atoms with E-state index >= 15 is 0 Å². The summed E-state index contributed by atoms with van der Waals surface area (Å²) in [5, 5.41) is 3.78. The van der Waals surface area contributed by atoms with Crippen molar-refractivity contribution in [1.29, 1.82) is 0 Å². The summed E-state index contributed by atoms with van der Waals surface area (Å²) in [6.45, 7) is 5.97. The molecule has 1 saturated heterocycles. The molecule has 1 heterocycles. The molecule has 0 aliphatic carbocycles. The summed E-state index contributed by atoms with van der Waals surface area (Å²) in [7, 11) is 0. The van der Waals surface area contributed by atoms with Crippen LogP contribution in [0.1, 0.15) is 51.7 Å². The van der Waals surface area contributed by atoms with E-state index in [0.29, 0.717) is 5.92 Å². The van der Waals surface area contributed by atoms with Gasteiger partial charge in [0.2, 0.25) is 5.91 Å². The predicted octanol–water partition coefficient (Wildman–Crippen LogP) is 4.11. The van der Waals surface area contributed by atoms with Gasteiger partial charge >= 0.3 is 0 Å². The van der Waals surface area contributed by atoms with Crippen LogP contribution in [-0.2, 0) is 9.53 Å². The topological polar surface area (TPSA) is 38.3 Å². The quantitative estimate of drug-likeness (QED) is 0.909. The SMILES string of the molecule is CC(=O)N[C@H]1C[C@@H](CC(C)C)O[C@@H](c2ccc(Cl)cc2)C1. The number of ether oxygens (including phenoxy) is 1. The van der Waals surface area contributed by atoms with Gasteiger partial charge in [-0.25, -0.2) is 0 Å². The van der Waals surface area contributed by atoms with Gasteiger partial charge < -0.3 is 10.1 Å². The molecule has 1 fully saturated rings. The maximum absolute atomic E-state index is 11.4. The van der Waals surface area contributed by atoms with Crippen LogP contribution in [0.3, 0.4) is 0 Å². The molecule has 0 bridgehead atoms. The number of rotatable bonds is 4. The molecule has 0 saturated carbocycles. The molecular formula is C17H24ClNO2. The van der Waals surface area contributed by atoms with Gasteiger partial charge in [-0.2, -0.15) is 0 Å². The molecule has 0 radical (unpaired) electrons. The van der Waals surface area contributed by atoms with E-state index in [4.69, 9.17) is 16.3 Å². The molecule has 2 rings (SSSR count). The second kappa shape index (κ2) is 7.28. The van der Waals surface area contributed by atoms with Crippen LogP contribution in [-0.4, -0.2) is 18.1 Å². The number of hydrogen-bond donors (Lipinski definition) is 1. The molecule has 1 aliphatic heterocycles. The molecule has 0 unspecified atom stereocenters. The second-order valence-electron chi connectivity index (χ2n) is 6.30. The summed E-state index contributed by atoms with van der Waals surface area (Å²) in [4.78, 5) is 11.4. The zero-order valence-electron chi connectivity index (χ0n) is 12.9. The lowest BCUT2D eigenvalue weighted by Crippen LogP contribution is -2.42. The first-order chi connectivity index (χ1) is 9.94. The minimum atomic E-state index is 0.0246. The normalized spacial score (nSPS) is 25.9. The molecule has 0 spiro atoms. The number of halogens is 1. The standard InChI is InChI=1S/C17H24ClNO2/c1-11(2)8-16-9-15(19-12(3)20)10-17(21-16)13-4-6-14(18)7-5-13/h4-7,11,15-17H,8-10H2,1-3H3,(H,19,20)/t15-,16+,17+/m0/s1. The Morgan fingerprint density at radius 2 is 2.00 bits per heavy atom. The van der Waals surface area contributed by atoms with Crippen molar-refractivity contribution in [3.05, 3.63) is 34.9 Å². The fraction of sp³-hybridized carbons (Fsp3) is 0.588. The number of amides is 1. The van der Waals surface area contributed by atoms with Gasteiger partial charge in [0.05, 0.1) is 12.2 Å². The van der Waals surface area contributed by atoms with Crippen molar-refractivity contribution < 1.29 is 9.53 Å². The van der Waals surface area contributed by atoms with E-state index in [1.807, 2.05) is 24.3 Å². The van der Waals surface area contributed by atoms with Gasteiger partial charge in [0.25, 0.3) is 0 Å². The highest BCUT2D eigenvalue weighted by atomic mass is 35.5. The summed E-state index contributed by atoms with van der Waals surface area (Å²) < 4.78 is 6.24. The number of carbonyl (C=O) groups is 1. The van der Waals surface area contributed by atoms with Gasteiger partial charge in [-0.05, 0) is 42.9 Å². The third-order valence-electron chi connectivity index (χ3n) is 3.79. The van der Waals surface area contributed by atoms with Gasteiger partial charge in [-0.15, -0.1) is 0 Å². The molecule has 3 nitrogen and oxygen atoms in total. The van der Waals surface area contributed by atoms with Gasteiger partial charge in [0, 0.05) is 18.0 Å². The fourth-order valence-electron chi connectivity index (χ4n) is 2.99. The zero-order valence-corrected chi connectivity index (χ0v) is 13.7. The van der Waals surface area contributed by atoms with Crippen LogP contribution in [0.4, 0.5) is 0 Å². The molecular weight excluding hydrogens is 286 g/mol. The van der Waals surface area contributed by atoms with Crippen molar-refractivity contribution in [2.75, 3.05) is 0 Å². The smallest absolute Gasteiger partial charge is 0.217 e. The van der Waals surface area contributed by atoms with Crippen LogP contribution in [0.5, 0.6) is 0 Å². The lowest BCUT2D eigenvalue weighted by atomic mass is 9.90. The van der Waals surface area contributed by atoms with Crippen molar-refractivity contribution in [1.82, 2.24) is 5.32 Å². The van der Waals surface area contributed by atoms with E-state index in [0.717, 1.165) is 29.8 Å². The molecule has 0 aromatic heterocycles. The number of carbonyl (C=O) groups excluding carboxylic acids is 1. The average Bonchev–Trinajstić information content (AvgIpc) is 2.37. The lowest BCUT2D eigenvalue weighted by molar-refractivity contribution is -0.122. The Morgan fingerprint density at radius 3 is 2.57 bits per heavy atom. The highest BCUT2D eigenvalue weighted by Gasteiger charge is 2.31. The first-order valence-corrected chi connectivity index (χ1v) is 8.00. The Hall–Kier alpha value is -1.06. The third kappa shape index (κ3) is 5.01. The number of hydrogen-bond acceptors (Lipinski definition) is 2. The van der Waals surface area contributed by atoms with Crippen LogP contribution in [0.25, 0.3) is 0 Å². The van der Waals surface area contributed by atoms with E-state index in [-0.39, 0.29) is 24.2 Å². The van der Waals surface area contributed by atoms with Crippen molar-refractivity contribution in [2.45, 2.75) is 58.3 Å². The number of benzene rings is 1. The molecule has 1 N–H and O–H groups in total. The molecule has 1 amide bonds. The maximum atomic E-state index is 11.4. The highest BCUT2D eigenvalue weighted by molar-refractivity contribution is 6.30. The van der Waals surface area contributed by atoms with Gasteiger partial charge in [0.15, 0.2) is 0 Å². The Kier molecular flexibility index (Phi) is 5.65. The van der Waals surface area contributed by atoms with Gasteiger partial charge in [-0.1, -0.05) is 37.6 Å². The lowest BCUT2D eigenvalue weighted by Gasteiger charge is -2.36. The minimum absolute atomic E-state index is 0.0246. The van der Waals surface area contributed by atoms with Crippen molar-refractivity contribution >= 4 is 17.5 Å². The minimum Gasteiger partial charge on any atom is -0.370 e. The third-order valence-corrected chi connectivity index (χ3v) is 4.04. The van der Waals surface area contributed by atoms with Crippen LogP contribution in [0.15, 0.2) is 24.3 Å². The van der Waals surface area contributed by atoms with Crippen LogP contribution in [0.2, 0.25) is 5.02 Å². The van der Waals surface area contributed by atoms with E-state index < -0.39 is 0 Å². The van der Waals surface area contributed by atoms with E-state index in [1.54, 1.807) is 6.92 Å². The van der Waals surface area contributed by atoms with Crippen LogP contribution < -0.4 is 5.32 Å². The summed E-state index contributed by atoms with van der Waals surface area (Å²) in [6.07, 6.45) is 2.94. The Morgan fingerprint density at radius 1 is 1.33 bits per heavy atom. The van der Waals surface area contributed by atoms with E-state index in [1.165, 1.54) is 0 Å². The summed E-state index contributed by atoms with van der Waals surface area (Å²) in [5.74, 6) is 0.608. The maximum Gasteiger partial charge on any atom is 0.217 e. The molecule has 1 aliphatic rings. The summed E-state index contributed by atoms with van der Waals surface area (Å²) in [6, 6.07) is 7.98. The summed E-state index contributed by atoms with van der Waals surface area (Å²) in [5.41, 5.74) is 1.13. The Balaban J connectivity index is 2.11. The fourth-order valence-corrected chi connectivity index (χ4v) is 3.12. The Labute approximate surface area is 132 Å². The van der Waals surface area contributed by atoms with Crippen LogP contribution >= 0.6 is 11.6 Å². The molecule has 3 atom stereocenters. The molecule has 1 aromatic rings. The van der Waals surface area contributed by atoms with Crippen LogP contribution in [0, 0.1) is 5.92 Å². The Bertz CT molecular complexity index is 472. The average molecular weight is 310 g/mol. The number of nitrogens with one attached hydrogen (secondary N) is 1. The summed E-state index contributed by atoms with van der Waals surface area (Å²) >= 11 is 5.95. The first-order valence-electron chi connectivity index (χ1n) is 7.62. The zero-order chi connectivity index (χ0) is 15.4. The predicted molar refractivity (Wildman–Crippen MR) is 85.4 cm³/mol. The van der Waals surface area contributed by atoms with E-state index in [2.05, 4.69) is 19.2 Å². The largest absolute Gasteiger partial charge is 0.370 e. The van der Waals surface area contributed by atoms with Crippen molar-refractivity contribution in [2.24, 2.45) is 5.92 Å². The monoisotopic (exact) mass is 309 g/mol. The first kappa shape index (κ1) is 16.3. The second-order valence-corrected chi connectivity index (χ2v) is 6.73. The van der Waals surface area contributed by atoms with E-state index in [9.17, 15) is 4.79 Å². The van der Waals surface area contributed by atoms with Crippen molar-refractivity contribution in [3.63, 3.8) is 0 Å². The van der Waals surface area contributed by atoms with Gasteiger partial charge in [0.1, 0.15) is 0 Å². The molecule has 116 valence electrons. The molecule has 4 heteroatoms.